The lowest BCUT2D eigenvalue weighted by molar-refractivity contribution is -0.139. The number of ether oxygens (including phenoxy) is 1. The highest BCUT2D eigenvalue weighted by molar-refractivity contribution is 7.91. The number of methoxy groups -OCH3 is 1. The third-order valence-electron chi connectivity index (χ3n) is 6.47. The number of anilines is 3. The van der Waals surface area contributed by atoms with Crippen LogP contribution in [0.3, 0.4) is 0 Å². The molecule has 0 atom stereocenters. The van der Waals surface area contributed by atoms with E-state index in [1.54, 1.807) is 18.3 Å². The standard InChI is InChI=1S/C26H25ClFN5O4S/c1-37-23(34)14-16-4-6-21(19(28)13-16)30-25-24-22(3-2-12-38(24,35)36)31-26(32-25)33-10-8-17(9-11-33)20-7-5-18(27)15-29-20/h4-8,13,15H,2-3,9-12,14H2,1H3,(H,30,31,32). The van der Waals surface area contributed by atoms with Gasteiger partial charge in [-0.3, -0.25) is 9.78 Å². The molecule has 38 heavy (non-hydrogen) atoms. The summed E-state index contributed by atoms with van der Waals surface area (Å²) in [5, 5.41) is 3.45. The Morgan fingerprint density at radius 2 is 2.05 bits per heavy atom. The number of carbonyl (C=O) groups excluding carboxylic acids is 1. The number of pyridine rings is 1. The van der Waals surface area contributed by atoms with E-state index in [1.807, 2.05) is 17.0 Å². The second-order valence-corrected chi connectivity index (χ2v) is 11.5. The van der Waals surface area contributed by atoms with Gasteiger partial charge in [-0.05, 0) is 54.7 Å². The van der Waals surface area contributed by atoms with E-state index >= 15 is 0 Å². The molecular weight excluding hydrogens is 533 g/mol. The van der Waals surface area contributed by atoms with Gasteiger partial charge in [0.15, 0.2) is 15.7 Å². The number of aryl methyl sites for hydroxylation is 1. The molecular formula is C26H25ClFN5O4S. The number of benzene rings is 1. The molecule has 0 spiro atoms. The number of esters is 1. The summed E-state index contributed by atoms with van der Waals surface area (Å²) in [6, 6.07) is 7.91. The molecule has 12 heteroatoms. The third-order valence-corrected chi connectivity index (χ3v) is 8.57. The summed E-state index contributed by atoms with van der Waals surface area (Å²) in [4.78, 5) is 27.0. The van der Waals surface area contributed by atoms with Gasteiger partial charge >= 0.3 is 5.97 Å². The average Bonchev–Trinajstić information content (AvgIpc) is 2.90. The van der Waals surface area contributed by atoms with Crippen LogP contribution < -0.4 is 10.2 Å². The summed E-state index contributed by atoms with van der Waals surface area (Å²) in [5.41, 5.74) is 2.82. The fourth-order valence-corrected chi connectivity index (χ4v) is 6.26. The van der Waals surface area contributed by atoms with Crippen LogP contribution in [0.2, 0.25) is 5.02 Å². The second kappa shape index (κ2) is 10.7. The third kappa shape index (κ3) is 5.48. The molecule has 9 nitrogen and oxygen atoms in total. The van der Waals surface area contributed by atoms with Crippen LogP contribution in [0.25, 0.3) is 5.57 Å². The van der Waals surface area contributed by atoms with Crippen molar-refractivity contribution in [1.29, 1.82) is 0 Å². The number of hydrogen-bond donors (Lipinski definition) is 1. The van der Waals surface area contributed by atoms with E-state index < -0.39 is 21.6 Å². The predicted molar refractivity (Wildman–Crippen MR) is 142 cm³/mol. The number of carbonyl (C=O) groups is 1. The van der Waals surface area contributed by atoms with Crippen molar-refractivity contribution in [3.05, 3.63) is 70.4 Å². The van der Waals surface area contributed by atoms with E-state index in [0.29, 0.717) is 54.6 Å². The second-order valence-electron chi connectivity index (χ2n) is 9.05. The Balaban J connectivity index is 1.46. The number of aromatic nitrogens is 3. The van der Waals surface area contributed by atoms with Gasteiger partial charge in [-0.25, -0.2) is 17.8 Å². The number of halogens is 2. The first-order valence-corrected chi connectivity index (χ1v) is 14.1. The van der Waals surface area contributed by atoms with Crippen molar-refractivity contribution in [2.45, 2.75) is 30.6 Å². The van der Waals surface area contributed by atoms with Gasteiger partial charge in [-0.1, -0.05) is 23.7 Å². The van der Waals surface area contributed by atoms with E-state index in [1.165, 1.54) is 19.2 Å². The van der Waals surface area contributed by atoms with E-state index in [0.717, 1.165) is 11.3 Å². The smallest absolute Gasteiger partial charge is 0.309 e. The minimum atomic E-state index is -3.65. The van der Waals surface area contributed by atoms with Crippen LogP contribution in [0.1, 0.15) is 29.8 Å². The van der Waals surface area contributed by atoms with Crippen LogP contribution in [0.4, 0.5) is 21.8 Å². The normalized spacial score (nSPS) is 16.4. The lowest BCUT2D eigenvalue weighted by Gasteiger charge is -2.28. The van der Waals surface area contributed by atoms with Crippen molar-refractivity contribution in [2.24, 2.45) is 0 Å². The van der Waals surface area contributed by atoms with Crippen LogP contribution in [-0.4, -0.2) is 55.3 Å². The number of sulfone groups is 1. The van der Waals surface area contributed by atoms with Gasteiger partial charge in [0.2, 0.25) is 5.95 Å². The molecule has 4 heterocycles. The topological polar surface area (TPSA) is 114 Å². The fraction of sp³-hybridized carbons (Fsp3) is 0.308. The van der Waals surface area contributed by atoms with Crippen LogP contribution in [0.5, 0.6) is 0 Å². The fourth-order valence-electron chi connectivity index (χ4n) is 4.52. The van der Waals surface area contributed by atoms with Gasteiger partial charge in [0.25, 0.3) is 0 Å². The summed E-state index contributed by atoms with van der Waals surface area (Å²) in [6.45, 7) is 1.10. The van der Waals surface area contributed by atoms with Crippen molar-refractivity contribution >= 4 is 50.4 Å². The number of nitrogens with zero attached hydrogens (tertiary/aromatic N) is 4. The maximum atomic E-state index is 15.0. The quantitative estimate of drug-likeness (QED) is 0.447. The van der Waals surface area contributed by atoms with Gasteiger partial charge in [0.1, 0.15) is 10.7 Å². The molecule has 0 fully saturated rings. The molecule has 0 amide bonds. The molecule has 1 aromatic carbocycles. The molecule has 0 radical (unpaired) electrons. The van der Waals surface area contributed by atoms with Crippen LogP contribution in [0, 0.1) is 5.82 Å². The molecule has 0 saturated carbocycles. The van der Waals surface area contributed by atoms with Crippen molar-refractivity contribution in [3.63, 3.8) is 0 Å². The lowest BCUT2D eigenvalue weighted by atomic mass is 10.0. The van der Waals surface area contributed by atoms with E-state index in [-0.39, 0.29) is 28.6 Å². The summed E-state index contributed by atoms with van der Waals surface area (Å²) in [7, 11) is -2.39. The van der Waals surface area contributed by atoms with E-state index in [2.05, 4.69) is 25.0 Å². The highest BCUT2D eigenvalue weighted by atomic mass is 35.5. The Morgan fingerprint density at radius 3 is 2.74 bits per heavy atom. The molecule has 5 rings (SSSR count). The predicted octanol–water partition coefficient (Wildman–Crippen LogP) is 4.14. The molecule has 0 aliphatic carbocycles. The molecule has 0 saturated heterocycles. The molecule has 2 aliphatic heterocycles. The number of rotatable bonds is 6. The van der Waals surface area contributed by atoms with Crippen molar-refractivity contribution in [1.82, 2.24) is 15.0 Å². The molecule has 0 unspecified atom stereocenters. The summed E-state index contributed by atoms with van der Waals surface area (Å²) in [5.74, 6) is -0.753. The van der Waals surface area contributed by atoms with Crippen LogP contribution >= 0.6 is 11.6 Å². The lowest BCUT2D eigenvalue weighted by Crippen LogP contribution is -2.31. The average molecular weight is 558 g/mol. The van der Waals surface area contributed by atoms with Gasteiger partial charge in [-0.15, -0.1) is 0 Å². The largest absolute Gasteiger partial charge is 0.469 e. The minimum absolute atomic E-state index is 0.00384. The maximum Gasteiger partial charge on any atom is 0.309 e. The summed E-state index contributed by atoms with van der Waals surface area (Å²) in [6.07, 6.45) is 5.18. The molecule has 3 aromatic rings. The van der Waals surface area contributed by atoms with Crippen molar-refractivity contribution in [2.75, 3.05) is 36.2 Å². The van der Waals surface area contributed by atoms with E-state index in [9.17, 15) is 17.6 Å². The van der Waals surface area contributed by atoms with Crippen molar-refractivity contribution in [3.8, 4) is 0 Å². The van der Waals surface area contributed by atoms with Crippen LogP contribution in [0.15, 0.2) is 47.5 Å². The van der Waals surface area contributed by atoms with Gasteiger partial charge in [-0.2, -0.15) is 4.98 Å². The van der Waals surface area contributed by atoms with Crippen LogP contribution in [-0.2, 0) is 32.2 Å². The van der Waals surface area contributed by atoms with Gasteiger partial charge < -0.3 is 15.0 Å². The Bertz CT molecular complexity index is 1530. The first-order valence-electron chi connectivity index (χ1n) is 12.1. The monoisotopic (exact) mass is 557 g/mol. The van der Waals surface area contributed by atoms with Gasteiger partial charge in [0, 0.05) is 19.3 Å². The molecule has 198 valence electrons. The SMILES string of the molecule is COC(=O)Cc1ccc(Nc2nc(N3CC=C(c4ccc(Cl)cn4)CC3)nc3c2S(=O)(=O)CCC3)c(F)c1. The Hall–Kier alpha value is -3.57. The first kappa shape index (κ1) is 26.1. The maximum absolute atomic E-state index is 15.0. The zero-order valence-corrected chi connectivity index (χ0v) is 22.1. The number of nitrogens with one attached hydrogen (secondary N) is 1. The molecule has 0 bridgehead atoms. The Labute approximate surface area is 224 Å². The Kier molecular flexibility index (Phi) is 7.31. The molecule has 2 aromatic heterocycles. The summed E-state index contributed by atoms with van der Waals surface area (Å²) >= 11 is 5.95. The Morgan fingerprint density at radius 1 is 1.21 bits per heavy atom. The zero-order valence-electron chi connectivity index (χ0n) is 20.6. The number of fused-ring (bicyclic) bond motifs is 1. The minimum Gasteiger partial charge on any atom is -0.469 e. The van der Waals surface area contributed by atoms with Gasteiger partial charge in [0.05, 0.1) is 41.4 Å². The zero-order chi connectivity index (χ0) is 26.9. The highest BCUT2D eigenvalue weighted by Gasteiger charge is 2.31. The number of hydrogen-bond acceptors (Lipinski definition) is 9. The molecule has 2 aliphatic rings. The highest BCUT2D eigenvalue weighted by Crippen LogP contribution is 2.34. The molecule has 1 N–H and O–H groups in total. The first-order chi connectivity index (χ1) is 18.2. The van der Waals surface area contributed by atoms with E-state index in [4.69, 9.17) is 11.6 Å². The van der Waals surface area contributed by atoms with Crippen molar-refractivity contribution < 1.29 is 22.3 Å². The summed E-state index contributed by atoms with van der Waals surface area (Å²) < 4.78 is 45.6.